The molecular weight excluding hydrogens is 320 g/mol. The second-order valence-electron chi connectivity index (χ2n) is 7.23. The molecule has 4 rings (SSSR count). The first-order chi connectivity index (χ1) is 12.1. The maximum atomic E-state index is 12.9. The van der Waals surface area contributed by atoms with Crippen LogP contribution in [0.4, 0.5) is 0 Å². The molecule has 2 aliphatic heterocycles. The highest BCUT2D eigenvalue weighted by molar-refractivity contribution is 5.85. The van der Waals surface area contributed by atoms with Crippen molar-refractivity contribution in [3.8, 4) is 6.07 Å². The zero-order valence-electron chi connectivity index (χ0n) is 14.3. The van der Waals surface area contributed by atoms with E-state index in [0.29, 0.717) is 45.4 Å². The summed E-state index contributed by atoms with van der Waals surface area (Å²) in [5.74, 6) is 1.64. The number of fused-ring (bicyclic) bond motifs is 1. The lowest BCUT2D eigenvalue weighted by Gasteiger charge is -2.33. The van der Waals surface area contributed by atoms with E-state index < -0.39 is 5.41 Å². The Hall–Kier alpha value is -2.43. The van der Waals surface area contributed by atoms with Crippen molar-refractivity contribution in [3.05, 3.63) is 11.6 Å². The molecule has 1 aromatic rings. The highest BCUT2D eigenvalue weighted by Crippen LogP contribution is 2.39. The SMILES string of the molecule is N#CC1(C(=O)N2CCn3c(CN4CCCC4=O)nnc3C2)CCCC1. The number of amides is 2. The molecule has 1 aromatic heterocycles. The van der Waals surface area contributed by atoms with Gasteiger partial charge in [0.15, 0.2) is 11.6 Å². The smallest absolute Gasteiger partial charge is 0.243 e. The first kappa shape index (κ1) is 16.1. The summed E-state index contributed by atoms with van der Waals surface area (Å²) in [5.41, 5.74) is -0.840. The average Bonchev–Trinajstić information content (AvgIpc) is 3.36. The summed E-state index contributed by atoms with van der Waals surface area (Å²) < 4.78 is 2.02. The Morgan fingerprint density at radius 1 is 1.16 bits per heavy atom. The van der Waals surface area contributed by atoms with Crippen molar-refractivity contribution in [1.29, 1.82) is 5.26 Å². The van der Waals surface area contributed by atoms with E-state index in [2.05, 4.69) is 16.3 Å². The Morgan fingerprint density at radius 2 is 1.96 bits per heavy atom. The molecule has 0 atom stereocenters. The second kappa shape index (κ2) is 6.14. The second-order valence-corrected chi connectivity index (χ2v) is 7.23. The number of aromatic nitrogens is 3. The van der Waals surface area contributed by atoms with Gasteiger partial charge in [0, 0.05) is 26.1 Å². The molecule has 0 bridgehead atoms. The minimum atomic E-state index is -0.840. The largest absolute Gasteiger partial charge is 0.335 e. The van der Waals surface area contributed by atoms with Gasteiger partial charge in [-0.05, 0) is 19.3 Å². The van der Waals surface area contributed by atoms with Crippen molar-refractivity contribution in [3.63, 3.8) is 0 Å². The van der Waals surface area contributed by atoms with E-state index in [9.17, 15) is 14.9 Å². The van der Waals surface area contributed by atoms with Crippen LogP contribution >= 0.6 is 0 Å². The van der Waals surface area contributed by atoms with Gasteiger partial charge in [-0.2, -0.15) is 5.26 Å². The van der Waals surface area contributed by atoms with E-state index in [0.717, 1.165) is 37.5 Å². The normalized spacial score (nSPS) is 22.1. The molecule has 1 aliphatic carbocycles. The number of hydrogen-bond donors (Lipinski definition) is 0. The fraction of sp³-hybridized carbons (Fsp3) is 0.706. The summed E-state index contributed by atoms with van der Waals surface area (Å²) in [6.07, 6.45) is 4.72. The number of likely N-dealkylation sites (tertiary alicyclic amines) is 1. The van der Waals surface area contributed by atoms with E-state index in [1.165, 1.54) is 0 Å². The fourth-order valence-corrected chi connectivity index (χ4v) is 4.20. The van der Waals surface area contributed by atoms with E-state index in [-0.39, 0.29) is 11.8 Å². The minimum absolute atomic E-state index is 0.0574. The Labute approximate surface area is 146 Å². The molecule has 0 aromatic carbocycles. The molecule has 8 nitrogen and oxygen atoms in total. The molecule has 132 valence electrons. The van der Waals surface area contributed by atoms with E-state index >= 15 is 0 Å². The number of rotatable bonds is 3. The number of nitrogens with zero attached hydrogens (tertiary/aromatic N) is 6. The monoisotopic (exact) mass is 342 g/mol. The van der Waals surface area contributed by atoms with Gasteiger partial charge in [0.05, 0.1) is 19.2 Å². The highest BCUT2D eigenvalue weighted by atomic mass is 16.2. The summed E-state index contributed by atoms with van der Waals surface area (Å²) in [4.78, 5) is 28.3. The van der Waals surface area contributed by atoms with Gasteiger partial charge in [0.25, 0.3) is 0 Å². The number of carbonyl (C=O) groups excluding carboxylic acids is 2. The Kier molecular flexibility index (Phi) is 3.94. The number of nitriles is 1. The molecule has 0 spiro atoms. The molecule has 8 heteroatoms. The van der Waals surface area contributed by atoms with Gasteiger partial charge < -0.3 is 14.4 Å². The van der Waals surface area contributed by atoms with Gasteiger partial charge in [-0.15, -0.1) is 10.2 Å². The molecule has 2 amide bonds. The van der Waals surface area contributed by atoms with Crippen molar-refractivity contribution in [2.24, 2.45) is 5.41 Å². The summed E-state index contributed by atoms with van der Waals surface area (Å²) >= 11 is 0. The Balaban J connectivity index is 1.48. The maximum absolute atomic E-state index is 12.9. The van der Waals surface area contributed by atoms with Crippen LogP contribution in [0.15, 0.2) is 0 Å². The van der Waals surface area contributed by atoms with Gasteiger partial charge in [-0.3, -0.25) is 9.59 Å². The van der Waals surface area contributed by atoms with Crippen molar-refractivity contribution >= 4 is 11.8 Å². The van der Waals surface area contributed by atoms with Crippen LogP contribution in [0.5, 0.6) is 0 Å². The zero-order chi connectivity index (χ0) is 17.4. The summed E-state index contributed by atoms with van der Waals surface area (Å²) in [6, 6.07) is 2.28. The lowest BCUT2D eigenvalue weighted by molar-refractivity contribution is -0.140. The summed E-state index contributed by atoms with van der Waals surface area (Å²) in [5, 5.41) is 18.0. The van der Waals surface area contributed by atoms with Gasteiger partial charge in [0.1, 0.15) is 5.41 Å². The molecule has 1 saturated heterocycles. The fourth-order valence-electron chi connectivity index (χ4n) is 4.20. The Bertz CT molecular complexity index is 743. The van der Waals surface area contributed by atoms with Crippen LogP contribution in [0, 0.1) is 16.7 Å². The third-order valence-electron chi connectivity index (χ3n) is 5.70. The van der Waals surface area contributed by atoms with E-state index in [1.54, 1.807) is 4.90 Å². The topological polar surface area (TPSA) is 95.1 Å². The maximum Gasteiger partial charge on any atom is 0.243 e. The molecule has 0 radical (unpaired) electrons. The Morgan fingerprint density at radius 3 is 2.64 bits per heavy atom. The summed E-state index contributed by atoms with van der Waals surface area (Å²) in [7, 11) is 0. The predicted molar refractivity (Wildman–Crippen MR) is 86.6 cm³/mol. The quantitative estimate of drug-likeness (QED) is 0.811. The van der Waals surface area contributed by atoms with Crippen LogP contribution in [0.3, 0.4) is 0 Å². The molecular formula is C17H22N6O2. The first-order valence-electron chi connectivity index (χ1n) is 9.02. The molecule has 1 saturated carbocycles. The minimum Gasteiger partial charge on any atom is -0.335 e. The lowest BCUT2D eigenvalue weighted by atomic mass is 9.86. The van der Waals surface area contributed by atoms with Crippen LogP contribution in [0.25, 0.3) is 0 Å². The van der Waals surface area contributed by atoms with Gasteiger partial charge in [-0.25, -0.2) is 0 Å². The van der Waals surface area contributed by atoms with Crippen molar-refractivity contribution in [1.82, 2.24) is 24.6 Å². The van der Waals surface area contributed by atoms with Crippen molar-refractivity contribution in [2.45, 2.75) is 58.2 Å². The van der Waals surface area contributed by atoms with E-state index in [4.69, 9.17) is 0 Å². The van der Waals surface area contributed by atoms with Gasteiger partial charge >= 0.3 is 0 Å². The lowest BCUT2D eigenvalue weighted by Crippen LogP contribution is -2.46. The van der Waals surface area contributed by atoms with Crippen LogP contribution in [0.2, 0.25) is 0 Å². The predicted octanol–water partition coefficient (Wildman–Crippen LogP) is 0.827. The van der Waals surface area contributed by atoms with Gasteiger partial charge in [-0.1, -0.05) is 12.8 Å². The third kappa shape index (κ3) is 2.68. The molecule has 25 heavy (non-hydrogen) atoms. The highest BCUT2D eigenvalue weighted by Gasteiger charge is 2.44. The standard InChI is InChI=1S/C17H22N6O2/c18-12-17(5-1-2-6-17)16(25)22-8-9-23-13(19-20-14(23)11-22)10-21-7-3-4-15(21)24/h1-11H2. The first-order valence-corrected chi connectivity index (χ1v) is 9.02. The van der Waals surface area contributed by atoms with Crippen molar-refractivity contribution < 1.29 is 9.59 Å². The summed E-state index contributed by atoms with van der Waals surface area (Å²) in [6.45, 7) is 2.84. The van der Waals surface area contributed by atoms with Crippen LogP contribution in [0.1, 0.15) is 50.2 Å². The third-order valence-corrected chi connectivity index (χ3v) is 5.70. The molecule has 0 N–H and O–H groups in total. The van der Waals surface area contributed by atoms with Crippen LogP contribution < -0.4 is 0 Å². The number of carbonyl (C=O) groups is 2. The zero-order valence-corrected chi connectivity index (χ0v) is 14.3. The molecule has 2 fully saturated rings. The average molecular weight is 342 g/mol. The van der Waals surface area contributed by atoms with Gasteiger partial charge in [0.2, 0.25) is 11.8 Å². The van der Waals surface area contributed by atoms with Crippen molar-refractivity contribution in [2.75, 3.05) is 13.1 Å². The molecule has 3 heterocycles. The van der Waals surface area contributed by atoms with Crippen LogP contribution in [-0.4, -0.2) is 49.5 Å². The van der Waals surface area contributed by atoms with Crippen LogP contribution in [-0.2, 0) is 29.2 Å². The van der Waals surface area contributed by atoms with E-state index in [1.807, 2.05) is 9.47 Å². The number of hydrogen-bond acceptors (Lipinski definition) is 5. The molecule has 3 aliphatic rings. The molecule has 0 unspecified atom stereocenters.